The third-order valence-electron chi connectivity index (χ3n) is 5.18. The minimum atomic E-state index is -0.321. The number of benzene rings is 2. The van der Waals surface area contributed by atoms with Gasteiger partial charge in [-0.15, -0.1) is 0 Å². The summed E-state index contributed by atoms with van der Waals surface area (Å²) in [7, 11) is 0. The monoisotopic (exact) mass is 408 g/mol. The smallest absolute Gasteiger partial charge is 0.241 e. The number of nitrogens with zero attached hydrogens (tertiary/aromatic N) is 1. The third-order valence-corrected chi connectivity index (χ3v) is 5.18. The van der Waals surface area contributed by atoms with Gasteiger partial charge in [0.15, 0.2) is 0 Å². The Morgan fingerprint density at radius 1 is 1.10 bits per heavy atom. The summed E-state index contributed by atoms with van der Waals surface area (Å²) in [4.78, 5) is 15.1. The Hall–Kier alpha value is -3.39. The Labute approximate surface area is 176 Å². The number of hydrogen-bond acceptors (Lipinski definition) is 5. The van der Waals surface area contributed by atoms with Gasteiger partial charge >= 0.3 is 0 Å². The molecule has 8 nitrogen and oxygen atoms in total. The molecular weight excluding hydrogens is 380 g/mol. The number of nitrogens with one attached hydrogen (secondary N) is 3. The number of amidine groups is 2. The van der Waals surface area contributed by atoms with E-state index in [1.807, 2.05) is 6.07 Å². The predicted octanol–water partition coefficient (Wildman–Crippen LogP) is 2.12. The number of likely N-dealkylation sites (tertiary alicyclic amines) is 1. The van der Waals surface area contributed by atoms with Gasteiger partial charge in [-0.25, -0.2) is 0 Å². The van der Waals surface area contributed by atoms with Gasteiger partial charge in [0.2, 0.25) is 5.91 Å². The summed E-state index contributed by atoms with van der Waals surface area (Å²) in [5, 5.41) is 18.0. The number of carbonyl (C=O) groups excluding carboxylic acids is 1. The molecule has 7 N–H and O–H groups in total. The molecule has 1 aliphatic rings. The van der Waals surface area contributed by atoms with E-state index in [2.05, 4.69) is 24.1 Å². The van der Waals surface area contributed by atoms with Crippen LogP contribution in [-0.2, 0) is 4.79 Å². The van der Waals surface area contributed by atoms with E-state index in [4.69, 9.17) is 27.0 Å². The van der Waals surface area contributed by atoms with Crippen molar-refractivity contribution in [2.75, 3.05) is 11.9 Å². The lowest BCUT2D eigenvalue weighted by atomic mass is 10.1. The van der Waals surface area contributed by atoms with Crippen LogP contribution in [0.5, 0.6) is 5.75 Å². The lowest BCUT2D eigenvalue weighted by Gasteiger charge is -2.27. The molecule has 0 radical (unpaired) electrons. The van der Waals surface area contributed by atoms with Gasteiger partial charge in [-0.3, -0.25) is 20.5 Å². The predicted molar refractivity (Wildman–Crippen MR) is 118 cm³/mol. The minimum Gasteiger partial charge on any atom is -0.489 e. The molecule has 1 fully saturated rings. The maximum atomic E-state index is 13.0. The number of ether oxygens (including phenoxy) is 1. The van der Waals surface area contributed by atoms with Crippen LogP contribution in [-0.4, -0.2) is 47.2 Å². The maximum absolute atomic E-state index is 13.0. The molecule has 1 saturated heterocycles. The van der Waals surface area contributed by atoms with Gasteiger partial charge < -0.3 is 21.5 Å². The molecule has 0 saturated carbocycles. The minimum absolute atomic E-state index is 0.0104. The summed E-state index contributed by atoms with van der Waals surface area (Å²) >= 11 is 0. The first-order chi connectivity index (χ1) is 14.2. The number of nitrogens with two attached hydrogens (primary N) is 2. The van der Waals surface area contributed by atoms with Gasteiger partial charge in [0.25, 0.3) is 0 Å². The van der Waals surface area contributed by atoms with Crippen molar-refractivity contribution < 1.29 is 9.53 Å². The van der Waals surface area contributed by atoms with E-state index in [-0.39, 0.29) is 35.8 Å². The van der Waals surface area contributed by atoms with Crippen LogP contribution in [0.25, 0.3) is 0 Å². The average Bonchev–Trinajstić information content (AvgIpc) is 3.13. The van der Waals surface area contributed by atoms with Gasteiger partial charge in [0.05, 0.1) is 6.04 Å². The second kappa shape index (κ2) is 8.96. The van der Waals surface area contributed by atoms with Crippen molar-refractivity contribution in [2.45, 2.75) is 38.5 Å². The van der Waals surface area contributed by atoms with E-state index < -0.39 is 0 Å². The van der Waals surface area contributed by atoms with Crippen LogP contribution >= 0.6 is 0 Å². The van der Waals surface area contributed by atoms with Crippen LogP contribution in [0.4, 0.5) is 5.69 Å². The topological polar surface area (TPSA) is 141 Å². The quantitative estimate of drug-likeness (QED) is 0.352. The van der Waals surface area contributed by atoms with Crippen LogP contribution < -0.4 is 21.5 Å². The molecule has 0 bridgehead atoms. The summed E-state index contributed by atoms with van der Waals surface area (Å²) in [5.74, 6) is 0.521. The van der Waals surface area contributed by atoms with Crippen molar-refractivity contribution >= 4 is 23.3 Å². The van der Waals surface area contributed by atoms with Gasteiger partial charge in [-0.1, -0.05) is 12.1 Å². The highest BCUT2D eigenvalue weighted by molar-refractivity contribution is 5.97. The number of nitrogen functional groups attached to an aromatic ring is 2. The van der Waals surface area contributed by atoms with Crippen LogP contribution in [0, 0.1) is 10.8 Å². The van der Waals surface area contributed by atoms with E-state index in [0.717, 1.165) is 0 Å². The average molecular weight is 409 g/mol. The fourth-order valence-corrected chi connectivity index (χ4v) is 3.62. The van der Waals surface area contributed by atoms with Crippen LogP contribution in [0.1, 0.15) is 31.4 Å². The number of anilines is 1. The Kier molecular flexibility index (Phi) is 6.37. The summed E-state index contributed by atoms with van der Waals surface area (Å²) < 4.78 is 6.11. The van der Waals surface area contributed by atoms with Crippen molar-refractivity contribution in [1.82, 2.24) is 4.90 Å². The first-order valence-corrected chi connectivity index (χ1v) is 9.86. The van der Waals surface area contributed by atoms with Crippen molar-refractivity contribution in [1.29, 1.82) is 10.8 Å². The fraction of sp³-hybridized carbons (Fsp3) is 0.318. The first kappa shape index (κ1) is 21.3. The number of rotatable bonds is 7. The fourth-order valence-electron chi connectivity index (χ4n) is 3.62. The van der Waals surface area contributed by atoms with Gasteiger partial charge in [0, 0.05) is 35.8 Å². The molecule has 3 rings (SSSR count). The lowest BCUT2D eigenvalue weighted by Crippen LogP contribution is -2.43. The van der Waals surface area contributed by atoms with Crippen molar-refractivity contribution in [3.05, 3.63) is 59.7 Å². The van der Waals surface area contributed by atoms with E-state index in [1.165, 1.54) is 0 Å². The molecule has 30 heavy (non-hydrogen) atoms. The molecule has 2 aromatic rings. The molecule has 158 valence electrons. The second-order valence-corrected chi connectivity index (χ2v) is 7.70. The first-order valence-electron chi connectivity index (χ1n) is 9.86. The zero-order valence-electron chi connectivity index (χ0n) is 17.2. The molecule has 2 atom stereocenters. The molecular formula is C22H28N6O2. The van der Waals surface area contributed by atoms with Crippen molar-refractivity contribution in [3.8, 4) is 5.75 Å². The number of carbonyl (C=O) groups is 1. The zero-order valence-corrected chi connectivity index (χ0v) is 17.2. The molecule has 8 heteroatoms. The summed E-state index contributed by atoms with van der Waals surface area (Å²) in [6, 6.07) is 13.9. The molecule has 0 aliphatic carbocycles. The van der Waals surface area contributed by atoms with Crippen LogP contribution in [0.15, 0.2) is 48.5 Å². The molecule has 0 spiro atoms. The number of amides is 1. The Morgan fingerprint density at radius 3 is 2.37 bits per heavy atom. The number of hydrogen-bond donors (Lipinski definition) is 5. The van der Waals surface area contributed by atoms with E-state index >= 15 is 0 Å². The van der Waals surface area contributed by atoms with E-state index in [9.17, 15) is 4.79 Å². The van der Waals surface area contributed by atoms with E-state index in [1.54, 1.807) is 42.5 Å². The van der Waals surface area contributed by atoms with Crippen LogP contribution in [0.3, 0.4) is 0 Å². The summed E-state index contributed by atoms with van der Waals surface area (Å²) in [6.45, 7) is 4.74. The standard InChI is InChI=1S/C22H28N6O2/c1-13(2)28-12-18(30-17-5-3-4-15(10-17)21(25)26)11-19(28)22(29)27-16-8-6-14(7-9-16)20(23)24/h3-10,13,18-19H,11-12H2,1-2H3,(H3,23,24)(H3,25,26)(H,27,29)/t18-,19+/m1/s1. The molecule has 1 amide bonds. The molecule has 1 heterocycles. The van der Waals surface area contributed by atoms with Gasteiger partial charge in [0.1, 0.15) is 23.5 Å². The molecule has 2 aromatic carbocycles. The van der Waals surface area contributed by atoms with Gasteiger partial charge in [-0.2, -0.15) is 0 Å². The Bertz CT molecular complexity index is 941. The van der Waals surface area contributed by atoms with Crippen molar-refractivity contribution in [2.24, 2.45) is 11.5 Å². The van der Waals surface area contributed by atoms with Crippen LogP contribution in [0.2, 0.25) is 0 Å². The molecule has 1 aliphatic heterocycles. The third kappa shape index (κ3) is 4.96. The molecule has 0 unspecified atom stereocenters. The van der Waals surface area contributed by atoms with E-state index in [0.29, 0.717) is 35.5 Å². The normalized spacial score (nSPS) is 18.9. The highest BCUT2D eigenvalue weighted by Crippen LogP contribution is 2.26. The summed E-state index contributed by atoms with van der Waals surface area (Å²) in [5.41, 5.74) is 12.9. The van der Waals surface area contributed by atoms with Gasteiger partial charge in [-0.05, 0) is 50.2 Å². The Morgan fingerprint density at radius 2 is 1.77 bits per heavy atom. The Balaban J connectivity index is 1.69. The molecule has 0 aromatic heterocycles. The highest BCUT2D eigenvalue weighted by atomic mass is 16.5. The second-order valence-electron chi connectivity index (χ2n) is 7.70. The SMILES string of the molecule is CC(C)N1C[C@H](Oc2cccc(C(=N)N)c2)C[C@H]1C(=O)Nc1ccc(C(=N)N)cc1. The lowest BCUT2D eigenvalue weighted by molar-refractivity contribution is -0.120. The largest absolute Gasteiger partial charge is 0.489 e. The maximum Gasteiger partial charge on any atom is 0.241 e. The summed E-state index contributed by atoms with van der Waals surface area (Å²) in [6.07, 6.45) is 0.408. The zero-order chi connectivity index (χ0) is 21.8. The van der Waals surface area contributed by atoms with Crippen molar-refractivity contribution in [3.63, 3.8) is 0 Å². The highest BCUT2D eigenvalue weighted by Gasteiger charge is 2.39.